The minimum atomic E-state index is -0.823. The number of hydrogen-bond donors (Lipinski definition) is 2. The zero-order valence-corrected chi connectivity index (χ0v) is 11.9. The first-order valence-corrected chi connectivity index (χ1v) is 7.02. The quantitative estimate of drug-likeness (QED) is 0.707. The lowest BCUT2D eigenvalue weighted by Crippen LogP contribution is -2.44. The van der Waals surface area contributed by atoms with E-state index in [9.17, 15) is 9.59 Å². The molecule has 0 aromatic heterocycles. The van der Waals surface area contributed by atoms with Crippen molar-refractivity contribution >= 4 is 11.9 Å². The van der Waals surface area contributed by atoms with Crippen LogP contribution in [0.3, 0.4) is 0 Å². The van der Waals surface area contributed by atoms with Crippen LogP contribution in [0, 0.1) is 5.41 Å². The number of carboxylic acids is 1. The van der Waals surface area contributed by atoms with Gasteiger partial charge in [0.15, 0.2) is 0 Å². The molecule has 1 aliphatic carbocycles. The monoisotopic (exact) mass is 271 g/mol. The molecule has 19 heavy (non-hydrogen) atoms. The molecule has 0 aromatic carbocycles. The highest BCUT2D eigenvalue weighted by Crippen LogP contribution is 2.41. The molecule has 1 amide bonds. The Labute approximate surface area is 114 Å². The number of nitrogens with one attached hydrogen (secondary N) is 1. The van der Waals surface area contributed by atoms with Gasteiger partial charge in [-0.15, -0.1) is 0 Å². The fourth-order valence-corrected chi connectivity index (χ4v) is 2.73. The smallest absolute Gasteiger partial charge is 0.303 e. The molecule has 5 heteroatoms. The predicted molar refractivity (Wildman–Crippen MR) is 71.9 cm³/mol. The van der Waals surface area contributed by atoms with Crippen LogP contribution in [0.2, 0.25) is 0 Å². The Kier molecular flexibility index (Phi) is 6.28. The van der Waals surface area contributed by atoms with Gasteiger partial charge in [0.05, 0.1) is 5.41 Å². The molecular weight excluding hydrogens is 246 g/mol. The summed E-state index contributed by atoms with van der Waals surface area (Å²) in [6.07, 6.45) is 5.30. The molecule has 1 aliphatic rings. The van der Waals surface area contributed by atoms with E-state index < -0.39 is 5.97 Å². The molecule has 1 atom stereocenters. The standard InChI is InChI=1S/C14H25NO4/c1-11(5-6-12(16)17)15-13(18)14(9-10-19-2)7-3-4-8-14/h11H,3-10H2,1-2H3,(H,15,18)(H,16,17). The van der Waals surface area contributed by atoms with Gasteiger partial charge in [0.2, 0.25) is 5.91 Å². The second-order valence-corrected chi connectivity index (χ2v) is 5.54. The van der Waals surface area contributed by atoms with E-state index in [0.29, 0.717) is 13.0 Å². The first kappa shape index (κ1) is 16.0. The van der Waals surface area contributed by atoms with Crippen LogP contribution in [0.1, 0.15) is 51.9 Å². The van der Waals surface area contributed by atoms with Gasteiger partial charge in [-0.25, -0.2) is 0 Å². The first-order chi connectivity index (χ1) is 9.00. The molecule has 0 aliphatic heterocycles. The van der Waals surface area contributed by atoms with Crippen LogP contribution in [0.4, 0.5) is 0 Å². The van der Waals surface area contributed by atoms with E-state index in [1.165, 1.54) is 0 Å². The fraction of sp³-hybridized carbons (Fsp3) is 0.857. The van der Waals surface area contributed by atoms with E-state index in [1.807, 2.05) is 6.92 Å². The van der Waals surface area contributed by atoms with Crippen LogP contribution < -0.4 is 5.32 Å². The van der Waals surface area contributed by atoms with Crippen molar-refractivity contribution in [3.63, 3.8) is 0 Å². The molecule has 0 saturated heterocycles. The van der Waals surface area contributed by atoms with Gasteiger partial charge in [-0.05, 0) is 32.6 Å². The van der Waals surface area contributed by atoms with Gasteiger partial charge in [0.1, 0.15) is 0 Å². The van der Waals surface area contributed by atoms with Crippen molar-refractivity contribution < 1.29 is 19.4 Å². The molecule has 110 valence electrons. The first-order valence-electron chi connectivity index (χ1n) is 7.02. The summed E-state index contributed by atoms with van der Waals surface area (Å²) in [4.78, 5) is 22.9. The summed E-state index contributed by atoms with van der Waals surface area (Å²) in [6.45, 7) is 2.46. The summed E-state index contributed by atoms with van der Waals surface area (Å²) in [6, 6.07) is -0.0939. The number of amides is 1. The highest BCUT2D eigenvalue weighted by Gasteiger charge is 2.40. The lowest BCUT2D eigenvalue weighted by Gasteiger charge is -2.29. The summed E-state index contributed by atoms with van der Waals surface area (Å²) in [5, 5.41) is 11.6. The van der Waals surface area contributed by atoms with Crippen molar-refractivity contribution in [2.75, 3.05) is 13.7 Å². The summed E-state index contributed by atoms with van der Waals surface area (Å²) < 4.78 is 5.11. The van der Waals surface area contributed by atoms with E-state index in [2.05, 4.69) is 5.32 Å². The second-order valence-electron chi connectivity index (χ2n) is 5.54. The van der Waals surface area contributed by atoms with Crippen molar-refractivity contribution in [1.29, 1.82) is 0 Å². The zero-order chi connectivity index (χ0) is 14.3. The highest BCUT2D eigenvalue weighted by molar-refractivity contribution is 5.83. The van der Waals surface area contributed by atoms with Crippen LogP contribution in [0.15, 0.2) is 0 Å². The number of carbonyl (C=O) groups is 2. The SMILES string of the molecule is COCCC1(C(=O)NC(C)CCC(=O)O)CCCC1. The minimum absolute atomic E-state index is 0.0694. The van der Waals surface area contributed by atoms with Crippen LogP contribution >= 0.6 is 0 Å². The van der Waals surface area contributed by atoms with Gasteiger partial charge < -0.3 is 15.2 Å². The Morgan fingerprint density at radius 1 is 1.37 bits per heavy atom. The minimum Gasteiger partial charge on any atom is -0.481 e. The van der Waals surface area contributed by atoms with Crippen LogP contribution in [0.5, 0.6) is 0 Å². The summed E-state index contributed by atoms with van der Waals surface area (Å²) in [7, 11) is 1.65. The Morgan fingerprint density at radius 2 is 2.00 bits per heavy atom. The van der Waals surface area contributed by atoms with E-state index >= 15 is 0 Å². The molecule has 0 bridgehead atoms. The van der Waals surface area contributed by atoms with E-state index in [-0.39, 0.29) is 23.8 Å². The largest absolute Gasteiger partial charge is 0.481 e. The molecule has 0 radical (unpaired) electrons. The third-order valence-electron chi connectivity index (χ3n) is 4.00. The van der Waals surface area contributed by atoms with E-state index in [0.717, 1.165) is 32.1 Å². The van der Waals surface area contributed by atoms with Gasteiger partial charge >= 0.3 is 5.97 Å². The number of aliphatic carboxylic acids is 1. The topological polar surface area (TPSA) is 75.6 Å². The van der Waals surface area contributed by atoms with Gasteiger partial charge in [-0.1, -0.05) is 12.8 Å². The molecule has 0 aromatic rings. The van der Waals surface area contributed by atoms with Crippen LogP contribution in [-0.4, -0.2) is 36.7 Å². The third kappa shape index (κ3) is 4.82. The van der Waals surface area contributed by atoms with Gasteiger partial charge in [0, 0.05) is 26.2 Å². The summed E-state index contributed by atoms with van der Waals surface area (Å²) in [5.41, 5.74) is -0.298. The Hall–Kier alpha value is -1.10. The van der Waals surface area contributed by atoms with Crippen molar-refractivity contribution in [3.05, 3.63) is 0 Å². The molecule has 0 spiro atoms. The molecule has 1 unspecified atom stereocenters. The lowest BCUT2D eigenvalue weighted by molar-refractivity contribution is -0.138. The molecule has 2 N–H and O–H groups in total. The maximum absolute atomic E-state index is 12.4. The number of carboxylic acid groups (broad SMARTS) is 1. The van der Waals surface area contributed by atoms with Crippen molar-refractivity contribution in [2.45, 2.75) is 57.9 Å². The number of carbonyl (C=O) groups excluding carboxylic acids is 1. The number of hydrogen-bond acceptors (Lipinski definition) is 3. The molecule has 0 heterocycles. The summed E-state index contributed by atoms with van der Waals surface area (Å²) >= 11 is 0. The van der Waals surface area contributed by atoms with Crippen LogP contribution in [-0.2, 0) is 14.3 Å². The Balaban J connectivity index is 2.50. The van der Waals surface area contributed by atoms with Gasteiger partial charge in [-0.3, -0.25) is 9.59 Å². The molecule has 1 fully saturated rings. The maximum Gasteiger partial charge on any atom is 0.303 e. The molecule has 1 rings (SSSR count). The molecular formula is C14H25NO4. The Bertz CT molecular complexity index is 311. The second kappa shape index (κ2) is 7.48. The van der Waals surface area contributed by atoms with Gasteiger partial charge in [-0.2, -0.15) is 0 Å². The van der Waals surface area contributed by atoms with Gasteiger partial charge in [0.25, 0.3) is 0 Å². The summed E-state index contributed by atoms with van der Waals surface area (Å²) in [5.74, 6) is -0.754. The number of methoxy groups -OCH3 is 1. The number of ether oxygens (including phenoxy) is 1. The average molecular weight is 271 g/mol. The Morgan fingerprint density at radius 3 is 2.53 bits per heavy atom. The normalized spacial score (nSPS) is 19.1. The van der Waals surface area contributed by atoms with Crippen molar-refractivity contribution in [3.8, 4) is 0 Å². The number of rotatable bonds is 8. The molecule has 1 saturated carbocycles. The maximum atomic E-state index is 12.4. The van der Waals surface area contributed by atoms with Crippen molar-refractivity contribution in [1.82, 2.24) is 5.32 Å². The fourth-order valence-electron chi connectivity index (χ4n) is 2.73. The molecule has 5 nitrogen and oxygen atoms in total. The van der Waals surface area contributed by atoms with E-state index in [1.54, 1.807) is 7.11 Å². The lowest BCUT2D eigenvalue weighted by atomic mass is 9.81. The highest BCUT2D eigenvalue weighted by atomic mass is 16.5. The average Bonchev–Trinajstić information content (AvgIpc) is 2.84. The third-order valence-corrected chi connectivity index (χ3v) is 4.00. The zero-order valence-electron chi connectivity index (χ0n) is 11.9. The van der Waals surface area contributed by atoms with E-state index in [4.69, 9.17) is 9.84 Å². The predicted octanol–water partition coefficient (Wildman–Crippen LogP) is 1.95. The van der Waals surface area contributed by atoms with Crippen molar-refractivity contribution in [2.24, 2.45) is 5.41 Å². The van der Waals surface area contributed by atoms with Crippen LogP contribution in [0.25, 0.3) is 0 Å².